The molecule has 0 aliphatic carbocycles. The van der Waals surface area contributed by atoms with Gasteiger partial charge in [-0.2, -0.15) is 5.26 Å². The molecule has 14 heavy (non-hydrogen) atoms. The summed E-state index contributed by atoms with van der Waals surface area (Å²) in [5.41, 5.74) is 5.86. The lowest BCUT2D eigenvalue weighted by atomic mass is 10.1. The van der Waals surface area contributed by atoms with Crippen molar-refractivity contribution >= 4 is 5.69 Å². The first kappa shape index (κ1) is 10.1. The second-order valence-corrected chi connectivity index (χ2v) is 2.66. The van der Waals surface area contributed by atoms with Crippen molar-refractivity contribution in [1.29, 1.82) is 5.26 Å². The van der Waals surface area contributed by atoms with Crippen molar-refractivity contribution in [3.05, 3.63) is 34.1 Å². The molecular formula is C8H8N4O2. The molecule has 72 valence electrons. The summed E-state index contributed by atoms with van der Waals surface area (Å²) >= 11 is 0. The maximum absolute atomic E-state index is 10.4. The number of nitriles is 1. The van der Waals surface area contributed by atoms with Crippen molar-refractivity contribution in [3.63, 3.8) is 0 Å². The lowest BCUT2D eigenvalue weighted by Crippen LogP contribution is -2.11. The first-order valence-electron chi connectivity index (χ1n) is 3.88. The number of nitro groups is 1. The molecule has 6 heteroatoms. The van der Waals surface area contributed by atoms with Gasteiger partial charge in [0.05, 0.1) is 29.1 Å². The highest BCUT2D eigenvalue weighted by Gasteiger charge is 2.11. The van der Waals surface area contributed by atoms with Crippen molar-refractivity contribution in [2.45, 2.75) is 12.5 Å². The van der Waals surface area contributed by atoms with E-state index in [-0.39, 0.29) is 12.1 Å². The highest BCUT2D eigenvalue weighted by atomic mass is 16.6. The zero-order valence-electron chi connectivity index (χ0n) is 7.25. The molecule has 0 fully saturated rings. The van der Waals surface area contributed by atoms with Crippen molar-refractivity contribution in [1.82, 2.24) is 4.98 Å². The molecule has 0 aliphatic rings. The van der Waals surface area contributed by atoms with Crippen LogP contribution in [0, 0.1) is 21.4 Å². The second-order valence-electron chi connectivity index (χ2n) is 2.66. The van der Waals surface area contributed by atoms with Crippen molar-refractivity contribution in [3.8, 4) is 6.07 Å². The minimum atomic E-state index is -0.570. The van der Waals surface area contributed by atoms with Crippen LogP contribution in [0.2, 0.25) is 0 Å². The molecule has 0 aliphatic heterocycles. The van der Waals surface area contributed by atoms with E-state index in [1.165, 1.54) is 18.3 Å². The zero-order valence-corrected chi connectivity index (χ0v) is 7.25. The Kier molecular flexibility index (Phi) is 3.09. The molecule has 1 aromatic heterocycles. The fourth-order valence-electron chi connectivity index (χ4n) is 0.956. The molecule has 6 nitrogen and oxygen atoms in total. The van der Waals surface area contributed by atoms with Crippen LogP contribution in [-0.2, 0) is 0 Å². The van der Waals surface area contributed by atoms with E-state index >= 15 is 0 Å². The Morgan fingerprint density at radius 1 is 1.79 bits per heavy atom. The number of rotatable bonds is 3. The molecule has 2 N–H and O–H groups in total. The topological polar surface area (TPSA) is 106 Å². The standard InChI is InChI=1S/C8H8N4O2/c9-3-1-7(10)8-5-6(12(13)14)2-4-11-8/h2,4-5,7H,1,10H2/t7-/m0/s1. The lowest BCUT2D eigenvalue weighted by Gasteiger charge is -2.05. The summed E-state index contributed by atoms with van der Waals surface area (Å²) in [7, 11) is 0. The van der Waals surface area contributed by atoms with Gasteiger partial charge in [0.2, 0.25) is 0 Å². The third-order valence-corrected chi connectivity index (χ3v) is 1.67. The smallest absolute Gasteiger partial charge is 0.272 e. The van der Waals surface area contributed by atoms with Gasteiger partial charge in [0.25, 0.3) is 5.69 Å². The SMILES string of the molecule is N#CC[C@H](N)c1cc([N+](=O)[O-])ccn1. The van der Waals surface area contributed by atoms with E-state index in [1.54, 1.807) is 0 Å². The third-order valence-electron chi connectivity index (χ3n) is 1.67. The van der Waals surface area contributed by atoms with Crippen LogP contribution >= 0.6 is 0 Å². The number of hydrogen-bond acceptors (Lipinski definition) is 5. The van der Waals surface area contributed by atoms with E-state index in [1.807, 2.05) is 6.07 Å². The molecule has 1 rings (SSSR count). The van der Waals surface area contributed by atoms with Crippen LogP contribution in [0.4, 0.5) is 5.69 Å². The van der Waals surface area contributed by atoms with Gasteiger partial charge in [-0.15, -0.1) is 0 Å². The van der Waals surface area contributed by atoms with E-state index in [9.17, 15) is 10.1 Å². The Hall–Kier alpha value is -2.00. The Balaban J connectivity index is 2.94. The number of aromatic nitrogens is 1. The Morgan fingerprint density at radius 2 is 2.50 bits per heavy atom. The van der Waals surface area contributed by atoms with Gasteiger partial charge in [-0.3, -0.25) is 15.1 Å². The van der Waals surface area contributed by atoms with Crippen LogP contribution < -0.4 is 5.73 Å². The van der Waals surface area contributed by atoms with Gasteiger partial charge in [0.1, 0.15) is 0 Å². The summed E-state index contributed by atoms with van der Waals surface area (Å²) < 4.78 is 0. The number of nitrogens with zero attached hydrogens (tertiary/aromatic N) is 3. The largest absolute Gasteiger partial charge is 0.322 e. The summed E-state index contributed by atoms with van der Waals surface area (Å²) in [6, 6.07) is 3.87. The van der Waals surface area contributed by atoms with Gasteiger partial charge < -0.3 is 5.73 Å². The first-order valence-corrected chi connectivity index (χ1v) is 3.88. The summed E-state index contributed by atoms with van der Waals surface area (Å²) in [5, 5.41) is 18.8. The summed E-state index contributed by atoms with van der Waals surface area (Å²) in [6.45, 7) is 0. The van der Waals surface area contributed by atoms with Gasteiger partial charge in [0, 0.05) is 18.3 Å². The Morgan fingerprint density at radius 3 is 3.07 bits per heavy atom. The lowest BCUT2D eigenvalue weighted by molar-refractivity contribution is -0.385. The number of nitrogens with two attached hydrogens (primary N) is 1. The van der Waals surface area contributed by atoms with Gasteiger partial charge in [-0.1, -0.05) is 0 Å². The van der Waals surface area contributed by atoms with Crippen molar-refractivity contribution in [2.75, 3.05) is 0 Å². The molecule has 0 spiro atoms. The molecule has 0 bridgehead atoms. The van der Waals surface area contributed by atoms with E-state index in [2.05, 4.69) is 4.98 Å². The normalized spacial score (nSPS) is 11.7. The summed E-state index contributed by atoms with van der Waals surface area (Å²) in [4.78, 5) is 13.7. The molecule has 0 saturated heterocycles. The van der Waals surface area contributed by atoms with Gasteiger partial charge in [-0.25, -0.2) is 0 Å². The minimum Gasteiger partial charge on any atom is -0.322 e. The maximum atomic E-state index is 10.4. The second kappa shape index (κ2) is 4.30. The highest BCUT2D eigenvalue weighted by molar-refractivity contribution is 5.31. The fraction of sp³-hybridized carbons (Fsp3) is 0.250. The van der Waals surface area contributed by atoms with Crippen LogP contribution in [0.5, 0.6) is 0 Å². The van der Waals surface area contributed by atoms with E-state index in [4.69, 9.17) is 11.0 Å². The van der Waals surface area contributed by atoms with Gasteiger partial charge in [0.15, 0.2) is 0 Å². The van der Waals surface area contributed by atoms with Gasteiger partial charge in [-0.05, 0) is 0 Å². The average molecular weight is 192 g/mol. The van der Waals surface area contributed by atoms with Crippen LogP contribution in [-0.4, -0.2) is 9.91 Å². The number of pyridine rings is 1. The third kappa shape index (κ3) is 2.24. The molecule has 0 aromatic carbocycles. The van der Waals surface area contributed by atoms with E-state index < -0.39 is 11.0 Å². The maximum Gasteiger partial charge on any atom is 0.272 e. The molecule has 0 saturated carbocycles. The minimum absolute atomic E-state index is 0.0663. The fourth-order valence-corrected chi connectivity index (χ4v) is 0.956. The zero-order chi connectivity index (χ0) is 10.6. The highest BCUT2D eigenvalue weighted by Crippen LogP contribution is 2.16. The van der Waals surface area contributed by atoms with E-state index in [0.717, 1.165) is 0 Å². The first-order chi connectivity index (χ1) is 6.65. The van der Waals surface area contributed by atoms with Gasteiger partial charge >= 0.3 is 0 Å². The summed E-state index contributed by atoms with van der Waals surface area (Å²) in [5.74, 6) is 0. The van der Waals surface area contributed by atoms with Crippen LogP contribution in [0.1, 0.15) is 18.2 Å². The summed E-state index contributed by atoms with van der Waals surface area (Å²) in [6.07, 6.45) is 1.40. The molecular weight excluding hydrogens is 184 g/mol. The van der Waals surface area contributed by atoms with E-state index in [0.29, 0.717) is 5.69 Å². The molecule has 1 heterocycles. The van der Waals surface area contributed by atoms with Crippen LogP contribution in [0.3, 0.4) is 0 Å². The van der Waals surface area contributed by atoms with Crippen molar-refractivity contribution in [2.24, 2.45) is 5.73 Å². The Labute approximate surface area is 80.1 Å². The molecule has 0 radical (unpaired) electrons. The predicted octanol–water partition coefficient (Wildman–Crippen LogP) is 0.903. The monoisotopic (exact) mass is 192 g/mol. The average Bonchev–Trinajstić information content (AvgIpc) is 2.18. The molecule has 0 unspecified atom stereocenters. The Bertz CT molecular complexity index is 385. The number of hydrogen-bond donors (Lipinski definition) is 1. The molecule has 1 aromatic rings. The predicted molar refractivity (Wildman–Crippen MR) is 48.0 cm³/mol. The van der Waals surface area contributed by atoms with Crippen molar-refractivity contribution < 1.29 is 4.92 Å². The molecule has 0 amide bonds. The van der Waals surface area contributed by atoms with Crippen LogP contribution in [0.15, 0.2) is 18.3 Å². The molecule has 1 atom stereocenters. The van der Waals surface area contributed by atoms with Crippen LogP contribution in [0.25, 0.3) is 0 Å². The quantitative estimate of drug-likeness (QED) is 0.565.